The van der Waals surface area contributed by atoms with Gasteiger partial charge in [-0.3, -0.25) is 4.79 Å². The fraction of sp³-hybridized carbons (Fsp3) is 0.280. The summed E-state index contributed by atoms with van der Waals surface area (Å²) < 4.78 is 35.9. The van der Waals surface area contributed by atoms with Crippen LogP contribution in [0, 0.1) is 5.82 Å². The quantitative estimate of drug-likeness (QED) is 0.542. The third-order valence-electron chi connectivity index (χ3n) is 5.77. The highest BCUT2D eigenvalue weighted by atomic mass is 79.9. The van der Waals surface area contributed by atoms with Gasteiger partial charge in [-0.2, -0.15) is 0 Å². The van der Waals surface area contributed by atoms with Gasteiger partial charge in [-0.15, -0.1) is 0 Å². The standard InChI is InChI=1S/C25H23BrFNO6/c1-31-19-11-14(10-16(26)23(19)33-12-13-6-8-15(27)9-7-13)20-21-17(29)4-3-5-18(21)34-24(28)22(20)25(30)32-2/h6-11,20H,3-5,12,28H2,1-2H3/t20-/m0/s1. The Balaban J connectivity index is 1.76. The van der Waals surface area contributed by atoms with Crippen molar-refractivity contribution in [3.63, 3.8) is 0 Å². The van der Waals surface area contributed by atoms with Crippen molar-refractivity contribution in [3.8, 4) is 11.5 Å². The zero-order valence-corrected chi connectivity index (χ0v) is 20.2. The van der Waals surface area contributed by atoms with Crippen molar-refractivity contribution >= 4 is 27.7 Å². The molecule has 0 saturated carbocycles. The molecule has 2 aromatic carbocycles. The van der Waals surface area contributed by atoms with Crippen LogP contribution in [0.1, 0.15) is 36.3 Å². The lowest BCUT2D eigenvalue weighted by molar-refractivity contribution is -0.136. The van der Waals surface area contributed by atoms with E-state index in [2.05, 4.69) is 15.9 Å². The smallest absolute Gasteiger partial charge is 0.340 e. The molecule has 0 aromatic heterocycles. The number of hydrogen-bond acceptors (Lipinski definition) is 7. The van der Waals surface area contributed by atoms with Crippen molar-refractivity contribution < 1.29 is 32.9 Å². The van der Waals surface area contributed by atoms with Crippen LogP contribution >= 0.6 is 15.9 Å². The van der Waals surface area contributed by atoms with Crippen molar-refractivity contribution in [1.82, 2.24) is 0 Å². The number of halogens is 2. The molecule has 4 rings (SSSR count). The van der Waals surface area contributed by atoms with Crippen molar-refractivity contribution in [2.45, 2.75) is 31.8 Å². The number of nitrogens with two attached hydrogens (primary N) is 1. The predicted molar refractivity (Wildman–Crippen MR) is 124 cm³/mol. The molecule has 2 N–H and O–H groups in total. The average Bonchev–Trinajstić information content (AvgIpc) is 2.82. The molecular weight excluding hydrogens is 509 g/mol. The van der Waals surface area contributed by atoms with Crippen molar-refractivity contribution in [3.05, 3.63) is 80.6 Å². The van der Waals surface area contributed by atoms with Crippen LogP contribution in [0.5, 0.6) is 11.5 Å². The number of carbonyl (C=O) groups is 2. The van der Waals surface area contributed by atoms with Gasteiger partial charge in [0.25, 0.3) is 0 Å². The molecule has 0 spiro atoms. The van der Waals surface area contributed by atoms with Crippen LogP contribution in [0.15, 0.2) is 63.7 Å². The van der Waals surface area contributed by atoms with Gasteiger partial charge in [0.05, 0.1) is 24.6 Å². The van der Waals surface area contributed by atoms with Crippen LogP contribution in [0.25, 0.3) is 0 Å². The number of ketones is 1. The van der Waals surface area contributed by atoms with E-state index in [-0.39, 0.29) is 29.7 Å². The minimum absolute atomic E-state index is 0.0606. The van der Waals surface area contributed by atoms with Gasteiger partial charge in [0.2, 0.25) is 5.88 Å². The Labute approximate surface area is 204 Å². The van der Waals surface area contributed by atoms with Crippen LogP contribution in [-0.4, -0.2) is 26.0 Å². The molecule has 2 aromatic rings. The SMILES string of the molecule is COC(=O)C1=C(N)OC2=C(C(=O)CCC2)[C@@H]1c1cc(Br)c(OCc2ccc(F)cc2)c(OC)c1. The Kier molecular flexibility index (Phi) is 6.92. The van der Waals surface area contributed by atoms with Crippen LogP contribution in [-0.2, 0) is 25.7 Å². The van der Waals surface area contributed by atoms with Crippen molar-refractivity contribution in [2.24, 2.45) is 5.73 Å². The zero-order chi connectivity index (χ0) is 24.4. The Hall–Kier alpha value is -3.33. The molecule has 0 radical (unpaired) electrons. The van der Waals surface area contributed by atoms with Gasteiger partial charge in [-0.25, -0.2) is 9.18 Å². The van der Waals surface area contributed by atoms with Crippen LogP contribution in [0.4, 0.5) is 4.39 Å². The first-order chi connectivity index (χ1) is 16.3. The zero-order valence-electron chi connectivity index (χ0n) is 18.7. The fourth-order valence-corrected chi connectivity index (χ4v) is 4.76. The second kappa shape index (κ2) is 9.89. The van der Waals surface area contributed by atoms with E-state index in [1.54, 1.807) is 24.3 Å². The van der Waals surface area contributed by atoms with E-state index in [0.717, 1.165) is 5.56 Å². The minimum atomic E-state index is -0.777. The van der Waals surface area contributed by atoms with E-state index >= 15 is 0 Å². The largest absolute Gasteiger partial charge is 0.493 e. The van der Waals surface area contributed by atoms with Crippen LogP contribution < -0.4 is 15.2 Å². The summed E-state index contributed by atoms with van der Waals surface area (Å²) in [7, 11) is 2.73. The second-order valence-electron chi connectivity index (χ2n) is 7.87. The molecule has 34 heavy (non-hydrogen) atoms. The monoisotopic (exact) mass is 531 g/mol. The molecule has 0 unspecified atom stereocenters. The molecule has 1 atom stereocenters. The summed E-state index contributed by atoms with van der Waals surface area (Å²) in [6.45, 7) is 0.180. The second-order valence-corrected chi connectivity index (χ2v) is 8.72. The third-order valence-corrected chi connectivity index (χ3v) is 6.36. The third kappa shape index (κ3) is 4.52. The lowest BCUT2D eigenvalue weighted by atomic mass is 9.77. The van der Waals surface area contributed by atoms with Gasteiger partial charge >= 0.3 is 5.97 Å². The van der Waals surface area contributed by atoms with Crippen molar-refractivity contribution in [1.29, 1.82) is 0 Å². The number of ether oxygens (including phenoxy) is 4. The number of esters is 1. The molecule has 0 saturated heterocycles. The summed E-state index contributed by atoms with van der Waals surface area (Å²) >= 11 is 3.52. The van der Waals surface area contributed by atoms with E-state index in [1.165, 1.54) is 26.4 Å². The van der Waals surface area contributed by atoms with Crippen molar-refractivity contribution in [2.75, 3.05) is 14.2 Å². The van der Waals surface area contributed by atoms with Crippen LogP contribution in [0.2, 0.25) is 0 Å². The molecule has 178 valence electrons. The topological polar surface area (TPSA) is 97.1 Å². The van der Waals surface area contributed by atoms with E-state index in [1.807, 2.05) is 0 Å². The summed E-state index contributed by atoms with van der Waals surface area (Å²) in [5, 5.41) is 0. The molecule has 0 amide bonds. The highest BCUT2D eigenvalue weighted by molar-refractivity contribution is 9.10. The lowest BCUT2D eigenvalue weighted by Crippen LogP contribution is -2.31. The number of Topliss-reactive ketones (excluding diaryl/α,β-unsaturated/α-hetero) is 1. The van der Waals surface area contributed by atoms with Crippen LogP contribution in [0.3, 0.4) is 0 Å². The maximum absolute atomic E-state index is 13.2. The van der Waals surface area contributed by atoms with E-state index in [9.17, 15) is 14.0 Å². The predicted octanol–water partition coefficient (Wildman–Crippen LogP) is 4.64. The minimum Gasteiger partial charge on any atom is -0.493 e. The Morgan fingerprint density at radius 3 is 2.62 bits per heavy atom. The maximum atomic E-state index is 13.2. The number of rotatable bonds is 6. The highest BCUT2D eigenvalue weighted by Crippen LogP contribution is 2.47. The first kappa shape index (κ1) is 23.8. The summed E-state index contributed by atoms with van der Waals surface area (Å²) in [6.07, 6.45) is 1.54. The molecule has 0 bridgehead atoms. The van der Waals surface area contributed by atoms with E-state index in [4.69, 9.17) is 24.7 Å². The fourth-order valence-electron chi connectivity index (χ4n) is 4.18. The number of methoxy groups -OCH3 is 2. The Morgan fingerprint density at radius 1 is 1.21 bits per heavy atom. The van der Waals surface area contributed by atoms with Gasteiger partial charge in [-0.1, -0.05) is 12.1 Å². The van der Waals surface area contributed by atoms with Gasteiger partial charge < -0.3 is 24.7 Å². The molecule has 9 heteroatoms. The highest BCUT2D eigenvalue weighted by Gasteiger charge is 2.41. The van der Waals surface area contributed by atoms with E-state index in [0.29, 0.717) is 52.1 Å². The molecule has 7 nitrogen and oxygen atoms in total. The van der Waals surface area contributed by atoms with Gasteiger partial charge in [0, 0.05) is 18.4 Å². The van der Waals surface area contributed by atoms with Gasteiger partial charge in [-0.05, 0) is 57.7 Å². The first-order valence-electron chi connectivity index (χ1n) is 10.6. The molecule has 1 heterocycles. The number of carbonyl (C=O) groups excluding carboxylic acids is 2. The van der Waals surface area contributed by atoms with Gasteiger partial charge in [0.15, 0.2) is 17.3 Å². The molecule has 1 aliphatic heterocycles. The number of benzene rings is 2. The normalized spacial score (nSPS) is 17.8. The summed E-state index contributed by atoms with van der Waals surface area (Å²) in [5.41, 5.74) is 7.94. The maximum Gasteiger partial charge on any atom is 0.340 e. The molecule has 0 fully saturated rings. The van der Waals surface area contributed by atoms with E-state index < -0.39 is 11.9 Å². The Morgan fingerprint density at radius 2 is 1.94 bits per heavy atom. The first-order valence-corrected chi connectivity index (χ1v) is 11.4. The average molecular weight is 532 g/mol. The number of hydrogen-bond donors (Lipinski definition) is 1. The van der Waals surface area contributed by atoms with Gasteiger partial charge in [0.1, 0.15) is 23.8 Å². The summed E-state index contributed by atoms with van der Waals surface area (Å²) in [4.78, 5) is 25.6. The summed E-state index contributed by atoms with van der Waals surface area (Å²) in [5.74, 6) is -0.709. The summed E-state index contributed by atoms with van der Waals surface area (Å²) in [6, 6.07) is 9.42. The Bertz CT molecular complexity index is 1200. The molecule has 2 aliphatic rings. The molecule has 1 aliphatic carbocycles. The molecular formula is C25H23BrFNO6. The number of allylic oxidation sites excluding steroid dienone is 2. The lowest BCUT2D eigenvalue weighted by Gasteiger charge is -2.32.